The van der Waals surface area contributed by atoms with Crippen molar-refractivity contribution in [2.75, 3.05) is 0 Å². The molecule has 0 saturated carbocycles. The third-order valence-corrected chi connectivity index (χ3v) is 1.69. The molecule has 1 rings (SSSR count). The van der Waals surface area contributed by atoms with E-state index in [1.165, 1.54) is 11.2 Å². The summed E-state index contributed by atoms with van der Waals surface area (Å²) < 4.78 is 0. The average Bonchev–Trinajstić information content (AvgIpc) is 2.47. The van der Waals surface area contributed by atoms with Crippen LogP contribution in [0.1, 0.15) is 26.2 Å². The number of unbranched alkanes of at least 4 members (excludes halogenated alkanes) is 1. The summed E-state index contributed by atoms with van der Waals surface area (Å²) in [5.74, 6) is 0. The average molecular weight is 152 g/mol. The molecular weight excluding hydrogens is 140 g/mol. The Morgan fingerprint density at radius 3 is 3.27 bits per heavy atom. The summed E-state index contributed by atoms with van der Waals surface area (Å²) in [5, 5.41) is 12.4. The summed E-state index contributed by atoms with van der Waals surface area (Å²) in [6.45, 7) is 2.13. The van der Waals surface area contributed by atoms with E-state index >= 15 is 0 Å². The predicted octanol–water partition coefficient (Wildman–Crippen LogP) is 0.832. The largest absolute Gasteiger partial charge is 0.285 e. The first-order valence-corrected chi connectivity index (χ1v) is 3.85. The lowest BCUT2D eigenvalue weighted by Crippen LogP contribution is -2.33. The molecule has 1 N–H and O–H groups in total. The Morgan fingerprint density at radius 1 is 1.82 bits per heavy atom. The number of nitrogens with zero attached hydrogens (tertiary/aromatic N) is 3. The zero-order valence-electron chi connectivity index (χ0n) is 6.62. The smallest absolute Gasteiger partial charge is 0.187 e. The number of hydrogen-bond acceptors (Lipinski definition) is 4. The first-order chi connectivity index (χ1) is 5.38. The molecule has 0 bridgehead atoms. The van der Waals surface area contributed by atoms with Crippen molar-refractivity contribution in [2.45, 2.75) is 32.4 Å². The monoisotopic (exact) mass is 152 g/mol. The van der Waals surface area contributed by atoms with E-state index in [4.69, 9.17) is 5.26 Å². The highest BCUT2D eigenvalue weighted by Crippen LogP contribution is 2.06. The number of hydrogen-bond donors (Lipinski definition) is 1. The summed E-state index contributed by atoms with van der Waals surface area (Å²) in [6, 6.07) is 0. The molecule has 1 atom stereocenters. The molecule has 0 aliphatic carbocycles. The molecule has 0 aromatic carbocycles. The molecule has 0 aromatic heterocycles. The summed E-state index contributed by atoms with van der Waals surface area (Å²) >= 11 is 0. The van der Waals surface area contributed by atoms with Crippen molar-refractivity contribution in [1.29, 1.82) is 5.26 Å². The SMILES string of the molecule is CCCCC1NN=CN1C#N. The number of nitrogens with one attached hydrogen (secondary N) is 1. The molecule has 0 aromatic rings. The van der Waals surface area contributed by atoms with Gasteiger partial charge in [0.1, 0.15) is 12.5 Å². The summed E-state index contributed by atoms with van der Waals surface area (Å²) in [4.78, 5) is 1.54. The summed E-state index contributed by atoms with van der Waals surface area (Å²) in [5.41, 5.74) is 2.87. The Hall–Kier alpha value is -1.24. The van der Waals surface area contributed by atoms with E-state index in [2.05, 4.69) is 17.5 Å². The van der Waals surface area contributed by atoms with Crippen LogP contribution in [0.5, 0.6) is 0 Å². The molecule has 0 fully saturated rings. The topological polar surface area (TPSA) is 51.4 Å². The van der Waals surface area contributed by atoms with Crippen molar-refractivity contribution >= 4 is 6.34 Å². The van der Waals surface area contributed by atoms with Crippen molar-refractivity contribution in [1.82, 2.24) is 10.3 Å². The van der Waals surface area contributed by atoms with E-state index in [-0.39, 0.29) is 6.17 Å². The second-order valence-corrected chi connectivity index (χ2v) is 2.54. The van der Waals surface area contributed by atoms with Gasteiger partial charge >= 0.3 is 0 Å². The van der Waals surface area contributed by atoms with E-state index < -0.39 is 0 Å². The molecule has 4 heteroatoms. The van der Waals surface area contributed by atoms with Gasteiger partial charge < -0.3 is 0 Å². The number of nitriles is 1. The Balaban J connectivity index is 2.31. The molecule has 0 amide bonds. The normalized spacial score (nSPS) is 21.5. The highest BCUT2D eigenvalue weighted by Gasteiger charge is 2.17. The van der Waals surface area contributed by atoms with Crippen LogP contribution >= 0.6 is 0 Å². The minimum absolute atomic E-state index is 0.0972. The molecule has 0 spiro atoms. The maximum absolute atomic E-state index is 8.58. The second kappa shape index (κ2) is 3.81. The quantitative estimate of drug-likeness (QED) is 0.609. The maximum atomic E-state index is 8.58. The van der Waals surface area contributed by atoms with Crippen LogP contribution in [0.3, 0.4) is 0 Å². The summed E-state index contributed by atoms with van der Waals surface area (Å²) in [6.07, 6.45) is 6.92. The highest BCUT2D eigenvalue weighted by molar-refractivity contribution is 5.59. The maximum Gasteiger partial charge on any atom is 0.187 e. The van der Waals surface area contributed by atoms with Crippen LogP contribution < -0.4 is 5.43 Å². The molecule has 0 saturated heterocycles. The first kappa shape index (κ1) is 7.86. The van der Waals surface area contributed by atoms with Crippen molar-refractivity contribution in [3.05, 3.63) is 0 Å². The molecular formula is C7H12N4. The lowest BCUT2D eigenvalue weighted by molar-refractivity contribution is 0.360. The van der Waals surface area contributed by atoms with Crippen molar-refractivity contribution in [3.8, 4) is 6.19 Å². The minimum atomic E-state index is 0.0972. The fraction of sp³-hybridized carbons (Fsp3) is 0.714. The molecule has 1 heterocycles. The van der Waals surface area contributed by atoms with Gasteiger partial charge in [0.15, 0.2) is 6.19 Å². The fourth-order valence-corrected chi connectivity index (χ4v) is 1.02. The van der Waals surface area contributed by atoms with E-state index in [1.54, 1.807) is 0 Å². The van der Waals surface area contributed by atoms with E-state index in [0.29, 0.717) is 0 Å². The van der Waals surface area contributed by atoms with Crippen molar-refractivity contribution in [3.63, 3.8) is 0 Å². The van der Waals surface area contributed by atoms with Gasteiger partial charge in [-0.15, -0.1) is 0 Å². The Morgan fingerprint density at radius 2 is 2.64 bits per heavy atom. The van der Waals surface area contributed by atoms with Gasteiger partial charge in [-0.05, 0) is 12.8 Å². The Bertz CT molecular complexity index is 181. The van der Waals surface area contributed by atoms with Crippen LogP contribution in [0.15, 0.2) is 5.10 Å². The van der Waals surface area contributed by atoms with Crippen LogP contribution in [0.4, 0.5) is 0 Å². The molecule has 1 aliphatic rings. The van der Waals surface area contributed by atoms with Gasteiger partial charge in [-0.25, -0.2) is 4.90 Å². The number of rotatable bonds is 3. The van der Waals surface area contributed by atoms with Crippen LogP contribution in [0, 0.1) is 11.5 Å². The van der Waals surface area contributed by atoms with Gasteiger partial charge in [-0.2, -0.15) is 10.4 Å². The minimum Gasteiger partial charge on any atom is -0.285 e. The molecule has 60 valence electrons. The lowest BCUT2D eigenvalue weighted by Gasteiger charge is -2.14. The first-order valence-electron chi connectivity index (χ1n) is 3.85. The third-order valence-electron chi connectivity index (χ3n) is 1.69. The van der Waals surface area contributed by atoms with E-state index in [9.17, 15) is 0 Å². The van der Waals surface area contributed by atoms with E-state index in [0.717, 1.165) is 19.3 Å². The van der Waals surface area contributed by atoms with Gasteiger partial charge in [0, 0.05) is 0 Å². The molecule has 1 unspecified atom stereocenters. The molecule has 11 heavy (non-hydrogen) atoms. The van der Waals surface area contributed by atoms with Crippen LogP contribution in [0.2, 0.25) is 0 Å². The molecule has 0 radical (unpaired) electrons. The lowest BCUT2D eigenvalue weighted by atomic mass is 10.2. The molecule has 4 nitrogen and oxygen atoms in total. The second-order valence-electron chi connectivity index (χ2n) is 2.54. The Labute approximate surface area is 66.5 Å². The van der Waals surface area contributed by atoms with Crippen LogP contribution in [-0.2, 0) is 0 Å². The van der Waals surface area contributed by atoms with Crippen molar-refractivity contribution in [2.24, 2.45) is 5.10 Å². The summed E-state index contributed by atoms with van der Waals surface area (Å²) in [7, 11) is 0. The van der Waals surface area contributed by atoms with Gasteiger partial charge in [-0.1, -0.05) is 13.3 Å². The standard InChI is InChI=1S/C7H12N4/c1-2-3-4-7-10-9-6-11(7)5-8/h6-7,10H,2-4H2,1H3. The van der Waals surface area contributed by atoms with Gasteiger partial charge in [-0.3, -0.25) is 5.43 Å². The van der Waals surface area contributed by atoms with Crippen LogP contribution in [0.25, 0.3) is 0 Å². The fourth-order valence-electron chi connectivity index (χ4n) is 1.02. The van der Waals surface area contributed by atoms with Gasteiger partial charge in [0.2, 0.25) is 0 Å². The van der Waals surface area contributed by atoms with Crippen LogP contribution in [-0.4, -0.2) is 17.4 Å². The highest BCUT2D eigenvalue weighted by atomic mass is 15.5. The molecule has 1 aliphatic heterocycles. The Kier molecular flexibility index (Phi) is 2.73. The predicted molar refractivity (Wildman–Crippen MR) is 42.4 cm³/mol. The van der Waals surface area contributed by atoms with Crippen molar-refractivity contribution < 1.29 is 0 Å². The van der Waals surface area contributed by atoms with Gasteiger partial charge in [0.05, 0.1) is 0 Å². The zero-order valence-corrected chi connectivity index (χ0v) is 6.62. The van der Waals surface area contributed by atoms with Gasteiger partial charge in [0.25, 0.3) is 0 Å². The third kappa shape index (κ3) is 1.84. The zero-order chi connectivity index (χ0) is 8.10. The number of hydrazone groups is 1. The van der Waals surface area contributed by atoms with E-state index in [1.807, 2.05) is 6.19 Å².